The molecule has 4 heterocycles. The van der Waals surface area contributed by atoms with Crippen LogP contribution in [0.3, 0.4) is 0 Å². The fourth-order valence-electron chi connectivity index (χ4n) is 2.92. The molecular weight excluding hydrogens is 242 g/mol. The summed E-state index contributed by atoms with van der Waals surface area (Å²) in [6.07, 6.45) is 1.60. The van der Waals surface area contributed by atoms with Gasteiger partial charge in [0.2, 0.25) is 0 Å². The van der Waals surface area contributed by atoms with Gasteiger partial charge in [-0.25, -0.2) is 4.98 Å². The summed E-state index contributed by atoms with van der Waals surface area (Å²) in [5.74, 6) is 0.806. The van der Waals surface area contributed by atoms with Crippen LogP contribution in [0.15, 0.2) is 6.07 Å². The second-order valence-corrected chi connectivity index (χ2v) is 5.67. The second kappa shape index (κ2) is 3.33. The Kier molecular flexibility index (Phi) is 1.91. The number of hydrogen-bond donors (Lipinski definition) is 2. The standard InChI is InChI=1S/C13H15N5O/c1-7-14-11-10-9(16-17-11)5-8-3-4-13(2,19)6-18(8)12(10)15-7/h5,19H,3-4,6H2,1-2H3,(H,14,15,16,17). The molecule has 0 aliphatic carbocycles. The van der Waals surface area contributed by atoms with Crippen molar-refractivity contribution in [2.75, 3.05) is 0 Å². The number of fused-ring (bicyclic) bond motifs is 2. The van der Waals surface area contributed by atoms with E-state index in [1.165, 1.54) is 5.69 Å². The lowest BCUT2D eigenvalue weighted by Crippen LogP contribution is -2.36. The van der Waals surface area contributed by atoms with E-state index < -0.39 is 5.60 Å². The van der Waals surface area contributed by atoms with Crippen molar-refractivity contribution in [1.29, 1.82) is 0 Å². The number of nitrogens with one attached hydrogen (secondary N) is 1. The molecule has 2 N–H and O–H groups in total. The fraction of sp³-hybridized carbons (Fsp3) is 0.462. The molecule has 0 amide bonds. The van der Waals surface area contributed by atoms with Gasteiger partial charge in [0.25, 0.3) is 0 Å². The zero-order valence-electron chi connectivity index (χ0n) is 10.9. The van der Waals surface area contributed by atoms with E-state index >= 15 is 0 Å². The largest absolute Gasteiger partial charge is 0.388 e. The summed E-state index contributed by atoms with van der Waals surface area (Å²) in [4.78, 5) is 7.72. The molecule has 0 saturated heterocycles. The Balaban J connectivity index is 2.14. The quantitative estimate of drug-likeness (QED) is 0.636. The van der Waals surface area contributed by atoms with Gasteiger partial charge in [0.1, 0.15) is 17.0 Å². The lowest BCUT2D eigenvalue weighted by atomic mass is 9.94. The highest BCUT2D eigenvalue weighted by Crippen LogP contribution is 2.30. The van der Waals surface area contributed by atoms with Crippen molar-refractivity contribution in [2.45, 2.75) is 38.8 Å². The summed E-state index contributed by atoms with van der Waals surface area (Å²) in [5, 5.41) is 19.6. The first kappa shape index (κ1) is 10.9. The van der Waals surface area contributed by atoms with Crippen LogP contribution in [0.4, 0.5) is 0 Å². The molecule has 1 atom stereocenters. The number of hydrogen-bond acceptors (Lipinski definition) is 4. The highest BCUT2D eigenvalue weighted by molar-refractivity contribution is 6.02. The minimum atomic E-state index is -0.677. The van der Waals surface area contributed by atoms with Crippen molar-refractivity contribution >= 4 is 22.2 Å². The van der Waals surface area contributed by atoms with Gasteiger partial charge in [0, 0.05) is 5.69 Å². The van der Waals surface area contributed by atoms with E-state index in [-0.39, 0.29) is 0 Å². The van der Waals surface area contributed by atoms with Gasteiger partial charge in [-0.2, -0.15) is 0 Å². The number of pyridine rings is 1. The van der Waals surface area contributed by atoms with Crippen LogP contribution in [0.1, 0.15) is 24.9 Å². The maximum Gasteiger partial charge on any atom is 0.167 e. The lowest BCUT2D eigenvalue weighted by Gasteiger charge is -2.32. The van der Waals surface area contributed by atoms with Crippen molar-refractivity contribution in [3.63, 3.8) is 0 Å². The van der Waals surface area contributed by atoms with E-state index in [0.29, 0.717) is 6.54 Å². The first-order valence-corrected chi connectivity index (χ1v) is 6.47. The second-order valence-electron chi connectivity index (χ2n) is 5.67. The molecule has 6 nitrogen and oxygen atoms in total. The maximum atomic E-state index is 10.3. The number of H-pyrrole nitrogens is 1. The monoisotopic (exact) mass is 257 g/mol. The molecule has 1 aliphatic rings. The molecular formula is C13H15N5O. The number of aryl methyl sites for hydroxylation is 2. The number of aromatic amines is 1. The molecule has 4 rings (SSSR count). The van der Waals surface area contributed by atoms with E-state index in [4.69, 9.17) is 0 Å². The van der Waals surface area contributed by atoms with Gasteiger partial charge < -0.3 is 14.7 Å². The van der Waals surface area contributed by atoms with Gasteiger partial charge in [-0.3, -0.25) is 0 Å². The minimum absolute atomic E-state index is 0.564. The SMILES string of the molecule is Cc1nc2c3c(cc4n2CC(C)(O)CC4)nnc3[nH]1. The van der Waals surface area contributed by atoms with E-state index in [1.54, 1.807) is 0 Å². The average molecular weight is 257 g/mol. The minimum Gasteiger partial charge on any atom is -0.388 e. The van der Waals surface area contributed by atoms with Gasteiger partial charge in [-0.15, -0.1) is 10.2 Å². The zero-order chi connectivity index (χ0) is 13.2. The third-order valence-corrected chi connectivity index (χ3v) is 3.87. The average Bonchev–Trinajstić information content (AvgIpc) is 2.73. The van der Waals surface area contributed by atoms with Gasteiger partial charge in [0.05, 0.1) is 17.5 Å². The van der Waals surface area contributed by atoms with Crippen LogP contribution in [0, 0.1) is 6.92 Å². The molecule has 0 saturated carbocycles. The van der Waals surface area contributed by atoms with Crippen LogP contribution in [0.5, 0.6) is 0 Å². The molecule has 0 aromatic carbocycles. The molecule has 0 radical (unpaired) electrons. The van der Waals surface area contributed by atoms with E-state index in [0.717, 1.165) is 40.9 Å². The van der Waals surface area contributed by atoms with Crippen LogP contribution >= 0.6 is 0 Å². The maximum absolute atomic E-state index is 10.3. The third-order valence-electron chi connectivity index (χ3n) is 3.87. The Labute approximate surface area is 109 Å². The molecule has 0 spiro atoms. The summed E-state index contributed by atoms with van der Waals surface area (Å²) in [6, 6.07) is 2.06. The highest BCUT2D eigenvalue weighted by atomic mass is 16.3. The van der Waals surface area contributed by atoms with Crippen molar-refractivity contribution < 1.29 is 5.11 Å². The van der Waals surface area contributed by atoms with Crippen LogP contribution in [-0.4, -0.2) is 35.4 Å². The molecule has 98 valence electrons. The Morgan fingerprint density at radius 3 is 3.11 bits per heavy atom. The Bertz CT molecular complexity index is 798. The lowest BCUT2D eigenvalue weighted by molar-refractivity contribution is 0.0233. The summed E-state index contributed by atoms with van der Waals surface area (Å²) in [6.45, 7) is 4.35. The van der Waals surface area contributed by atoms with Gasteiger partial charge in [-0.1, -0.05) is 0 Å². The van der Waals surface area contributed by atoms with E-state index in [1.807, 2.05) is 13.8 Å². The first-order chi connectivity index (χ1) is 9.03. The Morgan fingerprint density at radius 1 is 1.42 bits per heavy atom. The van der Waals surface area contributed by atoms with Crippen molar-refractivity contribution in [3.8, 4) is 0 Å². The smallest absolute Gasteiger partial charge is 0.167 e. The number of aliphatic hydroxyl groups is 1. The third kappa shape index (κ3) is 1.49. The molecule has 3 aromatic heterocycles. The van der Waals surface area contributed by atoms with Crippen molar-refractivity contribution in [3.05, 3.63) is 17.6 Å². The zero-order valence-corrected chi connectivity index (χ0v) is 10.9. The summed E-state index contributed by atoms with van der Waals surface area (Å²) in [7, 11) is 0. The van der Waals surface area contributed by atoms with Crippen LogP contribution in [0.2, 0.25) is 0 Å². The van der Waals surface area contributed by atoms with E-state index in [9.17, 15) is 5.11 Å². The molecule has 0 bridgehead atoms. The molecule has 1 aliphatic heterocycles. The number of aromatic nitrogens is 5. The van der Waals surface area contributed by atoms with Crippen LogP contribution in [0.25, 0.3) is 22.2 Å². The molecule has 1 unspecified atom stereocenters. The fourth-order valence-corrected chi connectivity index (χ4v) is 2.92. The predicted octanol–water partition coefficient (Wildman–Crippen LogP) is 1.31. The van der Waals surface area contributed by atoms with Gasteiger partial charge in [0.15, 0.2) is 5.65 Å². The topological polar surface area (TPSA) is 79.6 Å². The highest BCUT2D eigenvalue weighted by Gasteiger charge is 2.29. The molecule has 3 aromatic rings. The van der Waals surface area contributed by atoms with Crippen LogP contribution < -0.4 is 0 Å². The van der Waals surface area contributed by atoms with Crippen molar-refractivity contribution in [1.82, 2.24) is 24.7 Å². The van der Waals surface area contributed by atoms with Gasteiger partial charge >= 0.3 is 0 Å². The van der Waals surface area contributed by atoms with Crippen LogP contribution in [-0.2, 0) is 13.0 Å². The molecule has 0 fully saturated rings. The number of nitrogens with zero attached hydrogens (tertiary/aromatic N) is 4. The van der Waals surface area contributed by atoms with Crippen molar-refractivity contribution in [2.24, 2.45) is 0 Å². The molecule has 6 heteroatoms. The summed E-state index contributed by atoms with van der Waals surface area (Å²) in [5.41, 5.74) is 2.99. The van der Waals surface area contributed by atoms with Gasteiger partial charge in [-0.05, 0) is 32.8 Å². The number of rotatable bonds is 0. The molecule has 19 heavy (non-hydrogen) atoms. The normalized spacial score (nSPS) is 23.1. The first-order valence-electron chi connectivity index (χ1n) is 6.47. The summed E-state index contributed by atoms with van der Waals surface area (Å²) < 4.78 is 2.10. The Hall–Kier alpha value is -1.95. The van der Waals surface area contributed by atoms with E-state index in [2.05, 4.69) is 30.8 Å². The summed E-state index contributed by atoms with van der Waals surface area (Å²) >= 11 is 0. The predicted molar refractivity (Wildman–Crippen MR) is 70.9 cm³/mol. The Morgan fingerprint density at radius 2 is 2.26 bits per heavy atom.